The molecule has 1 aromatic heterocycles. The lowest BCUT2D eigenvalue weighted by Crippen LogP contribution is -1.98. The molecule has 1 heterocycles. The van der Waals surface area contributed by atoms with Gasteiger partial charge in [0, 0.05) is 6.42 Å². The minimum absolute atomic E-state index is 0.483. The van der Waals surface area contributed by atoms with Crippen LogP contribution in [0.1, 0.15) is 31.6 Å². The molecule has 0 aliphatic heterocycles. The number of rotatable bonds is 4. The quantitative estimate of drug-likeness (QED) is 0.889. The molecule has 1 unspecified atom stereocenters. The Morgan fingerprint density at radius 1 is 1.28 bits per heavy atom. The highest BCUT2D eigenvalue weighted by molar-refractivity contribution is 5.75. The summed E-state index contributed by atoms with van der Waals surface area (Å²) in [6, 6.07) is 8.29. The van der Waals surface area contributed by atoms with Crippen molar-refractivity contribution >= 4 is 5.82 Å². The second-order valence-corrected chi connectivity index (χ2v) is 4.95. The Kier molecular flexibility index (Phi) is 3.70. The third kappa shape index (κ3) is 2.55. The first-order valence-corrected chi connectivity index (χ1v) is 6.42. The van der Waals surface area contributed by atoms with Crippen molar-refractivity contribution in [3.63, 3.8) is 0 Å². The molecule has 18 heavy (non-hydrogen) atoms. The lowest BCUT2D eigenvalue weighted by atomic mass is 9.97. The number of aryl methyl sites for hydroxylation is 1. The topological polar surface area (TPSA) is 52.0 Å². The Hall–Kier alpha value is -1.77. The van der Waals surface area contributed by atoms with E-state index in [-0.39, 0.29) is 0 Å². The van der Waals surface area contributed by atoms with Gasteiger partial charge in [0.1, 0.15) is 5.76 Å². The number of benzene rings is 1. The normalized spacial score (nSPS) is 12.6. The highest BCUT2D eigenvalue weighted by atomic mass is 16.5. The Morgan fingerprint density at radius 2 is 1.94 bits per heavy atom. The van der Waals surface area contributed by atoms with Gasteiger partial charge in [0.05, 0.1) is 5.56 Å². The van der Waals surface area contributed by atoms with Crippen LogP contribution in [-0.2, 0) is 6.42 Å². The fourth-order valence-electron chi connectivity index (χ4n) is 1.97. The summed E-state index contributed by atoms with van der Waals surface area (Å²) >= 11 is 0. The second-order valence-electron chi connectivity index (χ2n) is 4.95. The maximum atomic E-state index is 5.92. The van der Waals surface area contributed by atoms with Gasteiger partial charge in [-0.25, -0.2) is 0 Å². The smallest absolute Gasteiger partial charge is 0.175 e. The van der Waals surface area contributed by atoms with Crippen LogP contribution < -0.4 is 5.73 Å². The maximum absolute atomic E-state index is 5.92. The zero-order valence-corrected chi connectivity index (χ0v) is 11.2. The number of aromatic nitrogens is 1. The molecule has 0 amide bonds. The Morgan fingerprint density at radius 3 is 2.56 bits per heavy atom. The molecule has 2 aromatic rings. The molecule has 0 bridgehead atoms. The Bertz CT molecular complexity index is 514. The molecule has 0 saturated carbocycles. The number of nitrogens with zero attached hydrogens (tertiary/aromatic N) is 1. The van der Waals surface area contributed by atoms with Crippen LogP contribution in [0.4, 0.5) is 5.82 Å². The highest BCUT2D eigenvalue weighted by Gasteiger charge is 2.17. The third-order valence-corrected chi connectivity index (χ3v) is 3.36. The number of hydrogen-bond donors (Lipinski definition) is 1. The van der Waals surface area contributed by atoms with Gasteiger partial charge in [0.2, 0.25) is 0 Å². The molecule has 2 N–H and O–H groups in total. The van der Waals surface area contributed by atoms with Crippen LogP contribution >= 0.6 is 0 Å². The van der Waals surface area contributed by atoms with E-state index in [1.165, 1.54) is 5.56 Å². The van der Waals surface area contributed by atoms with Crippen molar-refractivity contribution in [3.05, 3.63) is 35.6 Å². The van der Waals surface area contributed by atoms with Gasteiger partial charge in [-0.3, -0.25) is 0 Å². The fraction of sp³-hybridized carbons (Fsp3) is 0.400. The molecule has 0 fully saturated rings. The lowest BCUT2D eigenvalue weighted by Gasteiger charge is -2.07. The molecule has 2 rings (SSSR count). The summed E-state index contributed by atoms with van der Waals surface area (Å²) < 4.78 is 5.38. The van der Waals surface area contributed by atoms with E-state index in [0.29, 0.717) is 11.7 Å². The molecular weight excluding hydrogens is 224 g/mol. The Balaban J connectivity index is 2.37. The van der Waals surface area contributed by atoms with Gasteiger partial charge in [0.15, 0.2) is 5.82 Å². The van der Waals surface area contributed by atoms with E-state index in [2.05, 4.69) is 50.2 Å². The van der Waals surface area contributed by atoms with Crippen molar-refractivity contribution in [1.82, 2.24) is 5.16 Å². The van der Waals surface area contributed by atoms with Crippen LogP contribution in [-0.4, -0.2) is 5.16 Å². The van der Waals surface area contributed by atoms with Crippen molar-refractivity contribution in [2.75, 3.05) is 5.73 Å². The van der Waals surface area contributed by atoms with Crippen LogP contribution in [0.15, 0.2) is 28.8 Å². The molecule has 0 spiro atoms. The van der Waals surface area contributed by atoms with E-state index in [4.69, 9.17) is 10.3 Å². The SMILES string of the molecule is CCC(C)Cc1onc(N)c1-c1ccc(C)cc1. The predicted octanol–water partition coefficient (Wildman–Crippen LogP) is 3.82. The van der Waals surface area contributed by atoms with Gasteiger partial charge in [-0.2, -0.15) is 0 Å². The third-order valence-electron chi connectivity index (χ3n) is 3.36. The van der Waals surface area contributed by atoms with Crippen LogP contribution in [0, 0.1) is 12.8 Å². The standard InChI is InChI=1S/C15H20N2O/c1-4-10(2)9-13-14(15(16)17-18-13)12-7-5-11(3)6-8-12/h5-8,10H,4,9H2,1-3H3,(H2,16,17). The van der Waals surface area contributed by atoms with Gasteiger partial charge < -0.3 is 10.3 Å². The van der Waals surface area contributed by atoms with E-state index in [1.807, 2.05) is 0 Å². The molecule has 3 nitrogen and oxygen atoms in total. The largest absolute Gasteiger partial charge is 0.380 e. The molecule has 0 saturated heterocycles. The lowest BCUT2D eigenvalue weighted by molar-refractivity contribution is 0.364. The highest BCUT2D eigenvalue weighted by Crippen LogP contribution is 2.31. The molecular formula is C15H20N2O. The maximum Gasteiger partial charge on any atom is 0.175 e. The zero-order chi connectivity index (χ0) is 13.1. The molecule has 0 radical (unpaired) electrons. The summed E-state index contributed by atoms with van der Waals surface area (Å²) in [7, 11) is 0. The monoisotopic (exact) mass is 244 g/mol. The summed E-state index contributed by atoms with van der Waals surface area (Å²) in [5.74, 6) is 1.95. The first kappa shape index (κ1) is 12.7. The summed E-state index contributed by atoms with van der Waals surface area (Å²) in [5, 5.41) is 3.91. The van der Waals surface area contributed by atoms with Gasteiger partial charge in [0.25, 0.3) is 0 Å². The average Bonchev–Trinajstić information content (AvgIpc) is 2.72. The van der Waals surface area contributed by atoms with Crippen molar-refractivity contribution < 1.29 is 4.52 Å². The number of nitrogens with two attached hydrogens (primary N) is 1. The van der Waals surface area contributed by atoms with Crippen molar-refractivity contribution in [1.29, 1.82) is 0 Å². The number of hydrogen-bond acceptors (Lipinski definition) is 3. The van der Waals surface area contributed by atoms with Gasteiger partial charge in [-0.1, -0.05) is 55.3 Å². The molecule has 0 aliphatic carbocycles. The predicted molar refractivity (Wildman–Crippen MR) is 74.2 cm³/mol. The summed E-state index contributed by atoms with van der Waals surface area (Å²) in [4.78, 5) is 0. The molecule has 0 aliphatic rings. The minimum Gasteiger partial charge on any atom is -0.380 e. The van der Waals surface area contributed by atoms with Crippen LogP contribution in [0.5, 0.6) is 0 Å². The van der Waals surface area contributed by atoms with Crippen molar-refractivity contribution in [3.8, 4) is 11.1 Å². The average molecular weight is 244 g/mol. The van der Waals surface area contributed by atoms with E-state index < -0.39 is 0 Å². The van der Waals surface area contributed by atoms with Crippen LogP contribution in [0.3, 0.4) is 0 Å². The molecule has 96 valence electrons. The van der Waals surface area contributed by atoms with E-state index >= 15 is 0 Å². The van der Waals surface area contributed by atoms with Gasteiger partial charge in [-0.15, -0.1) is 0 Å². The van der Waals surface area contributed by atoms with Crippen molar-refractivity contribution in [2.24, 2.45) is 5.92 Å². The van der Waals surface area contributed by atoms with Gasteiger partial charge in [-0.05, 0) is 18.4 Å². The van der Waals surface area contributed by atoms with E-state index in [0.717, 1.165) is 29.7 Å². The van der Waals surface area contributed by atoms with E-state index in [9.17, 15) is 0 Å². The fourth-order valence-corrected chi connectivity index (χ4v) is 1.97. The number of nitrogen functional groups attached to an aromatic ring is 1. The van der Waals surface area contributed by atoms with Crippen LogP contribution in [0.25, 0.3) is 11.1 Å². The summed E-state index contributed by atoms with van der Waals surface area (Å²) in [6.45, 7) is 6.45. The number of anilines is 1. The molecule has 3 heteroatoms. The Labute approximate surface area is 108 Å². The van der Waals surface area contributed by atoms with Gasteiger partial charge >= 0.3 is 0 Å². The zero-order valence-electron chi connectivity index (χ0n) is 11.2. The summed E-state index contributed by atoms with van der Waals surface area (Å²) in [5.41, 5.74) is 9.19. The van der Waals surface area contributed by atoms with E-state index in [1.54, 1.807) is 0 Å². The molecule has 1 atom stereocenters. The summed E-state index contributed by atoms with van der Waals surface area (Å²) in [6.07, 6.45) is 2.00. The second kappa shape index (κ2) is 5.25. The molecule has 1 aromatic carbocycles. The first-order valence-electron chi connectivity index (χ1n) is 6.42. The minimum atomic E-state index is 0.483. The van der Waals surface area contributed by atoms with Crippen molar-refractivity contribution in [2.45, 2.75) is 33.6 Å². The van der Waals surface area contributed by atoms with Crippen LogP contribution in [0.2, 0.25) is 0 Å². The first-order chi connectivity index (χ1) is 8.61.